The molecule has 0 saturated carbocycles. The Hall–Kier alpha value is -1.88. The molecule has 0 aliphatic rings. The van der Waals surface area contributed by atoms with Gasteiger partial charge in [0.25, 0.3) is 0 Å². The van der Waals surface area contributed by atoms with Gasteiger partial charge in [0.1, 0.15) is 18.4 Å². The number of ether oxygens (including phenoxy) is 1. The number of aliphatic hydroxyl groups excluding tert-OH is 1. The van der Waals surface area contributed by atoms with Crippen LogP contribution in [0.1, 0.15) is 59.6 Å². The van der Waals surface area contributed by atoms with Gasteiger partial charge in [0.05, 0.1) is 18.8 Å². The summed E-state index contributed by atoms with van der Waals surface area (Å²) in [6, 6.07) is 8.05. The summed E-state index contributed by atoms with van der Waals surface area (Å²) in [5.74, 6) is 0.843. The van der Waals surface area contributed by atoms with Crippen LogP contribution in [0.5, 0.6) is 5.75 Å². The van der Waals surface area contributed by atoms with Gasteiger partial charge in [0.15, 0.2) is 0 Å². The van der Waals surface area contributed by atoms with Crippen molar-refractivity contribution in [3.63, 3.8) is 0 Å². The molecule has 2 aromatic rings. The second-order valence-electron chi connectivity index (χ2n) is 8.67. The van der Waals surface area contributed by atoms with Crippen LogP contribution in [0.4, 0.5) is 0 Å². The number of aromatic nitrogens is 3. The molecule has 5 nitrogen and oxygen atoms in total. The highest BCUT2D eigenvalue weighted by molar-refractivity contribution is 5.31. The van der Waals surface area contributed by atoms with Crippen LogP contribution in [-0.2, 0) is 5.41 Å². The van der Waals surface area contributed by atoms with Gasteiger partial charge < -0.3 is 9.84 Å². The minimum Gasteiger partial charge on any atom is -0.494 e. The lowest BCUT2D eigenvalue weighted by molar-refractivity contribution is 0.00504. The van der Waals surface area contributed by atoms with Crippen LogP contribution >= 0.6 is 0 Å². The van der Waals surface area contributed by atoms with Gasteiger partial charge in [-0.15, -0.1) is 0 Å². The predicted molar refractivity (Wildman–Crippen MR) is 99.8 cm³/mol. The van der Waals surface area contributed by atoms with Gasteiger partial charge >= 0.3 is 0 Å². The molecule has 0 saturated heterocycles. The zero-order valence-electron chi connectivity index (χ0n) is 16.2. The highest BCUT2D eigenvalue weighted by Gasteiger charge is 2.32. The third-order valence-corrected chi connectivity index (χ3v) is 4.43. The number of rotatable bonds is 6. The minimum absolute atomic E-state index is 0.132. The molecule has 138 valence electrons. The molecule has 0 spiro atoms. The highest BCUT2D eigenvalue weighted by atomic mass is 16.5. The van der Waals surface area contributed by atoms with E-state index in [9.17, 15) is 5.11 Å². The van der Waals surface area contributed by atoms with Crippen LogP contribution in [0.25, 0.3) is 0 Å². The summed E-state index contributed by atoms with van der Waals surface area (Å²) in [7, 11) is 0. The molecule has 0 fully saturated rings. The Bertz CT molecular complexity index is 637. The molecular formula is C20H31N3O2. The molecule has 0 aliphatic carbocycles. The van der Waals surface area contributed by atoms with Crippen LogP contribution in [0, 0.1) is 5.41 Å². The summed E-state index contributed by atoms with van der Waals surface area (Å²) in [4.78, 5) is 4.01. The largest absolute Gasteiger partial charge is 0.494 e. The second-order valence-corrected chi connectivity index (χ2v) is 8.67. The number of aliphatic hydroxyl groups is 1. The first-order valence-corrected chi connectivity index (χ1v) is 8.84. The van der Waals surface area contributed by atoms with E-state index >= 15 is 0 Å². The molecule has 0 aliphatic heterocycles. The Morgan fingerprint density at radius 3 is 2.20 bits per heavy atom. The maximum absolute atomic E-state index is 10.7. The van der Waals surface area contributed by atoms with Gasteiger partial charge in [-0.25, -0.2) is 9.67 Å². The molecule has 1 aromatic carbocycles. The topological polar surface area (TPSA) is 60.2 Å². The van der Waals surface area contributed by atoms with Crippen molar-refractivity contribution in [2.75, 3.05) is 6.61 Å². The van der Waals surface area contributed by atoms with Crippen LogP contribution in [0.2, 0.25) is 0 Å². The zero-order chi connectivity index (χ0) is 18.7. The average Bonchev–Trinajstić information content (AvgIpc) is 3.04. The van der Waals surface area contributed by atoms with E-state index in [-0.39, 0.29) is 16.9 Å². The Morgan fingerprint density at radius 1 is 1.08 bits per heavy atom. The Morgan fingerprint density at radius 2 is 1.72 bits per heavy atom. The zero-order valence-corrected chi connectivity index (χ0v) is 16.2. The van der Waals surface area contributed by atoms with Crippen molar-refractivity contribution in [2.24, 2.45) is 5.41 Å². The fourth-order valence-electron chi connectivity index (χ4n) is 2.75. The van der Waals surface area contributed by atoms with Gasteiger partial charge in [0, 0.05) is 6.42 Å². The minimum atomic E-state index is -0.541. The highest BCUT2D eigenvalue weighted by Crippen LogP contribution is 2.30. The first kappa shape index (κ1) is 19.4. The van der Waals surface area contributed by atoms with E-state index in [1.165, 1.54) is 11.9 Å². The lowest BCUT2D eigenvalue weighted by Crippen LogP contribution is -2.36. The molecule has 5 heteroatoms. The van der Waals surface area contributed by atoms with E-state index in [4.69, 9.17) is 4.74 Å². The van der Waals surface area contributed by atoms with Crippen LogP contribution in [0.3, 0.4) is 0 Å². The number of hydrogen-bond donors (Lipinski definition) is 1. The van der Waals surface area contributed by atoms with Crippen molar-refractivity contribution in [1.29, 1.82) is 0 Å². The third-order valence-electron chi connectivity index (χ3n) is 4.43. The Balaban J connectivity index is 1.99. The van der Waals surface area contributed by atoms with Gasteiger partial charge in [0.2, 0.25) is 0 Å². The molecule has 1 heterocycles. The third kappa shape index (κ3) is 5.30. The van der Waals surface area contributed by atoms with Gasteiger partial charge in [-0.3, -0.25) is 0 Å². The first-order chi connectivity index (χ1) is 11.6. The van der Waals surface area contributed by atoms with Crippen LogP contribution in [0.15, 0.2) is 36.9 Å². The molecule has 2 rings (SSSR count). The average molecular weight is 345 g/mol. The fourth-order valence-corrected chi connectivity index (χ4v) is 2.75. The Kier molecular flexibility index (Phi) is 5.88. The first-order valence-electron chi connectivity index (χ1n) is 8.84. The molecule has 1 N–H and O–H groups in total. The lowest BCUT2D eigenvalue weighted by atomic mass is 9.84. The number of nitrogens with zero attached hydrogens (tertiary/aromatic N) is 3. The molecule has 2 atom stereocenters. The van der Waals surface area contributed by atoms with Crippen LogP contribution in [-0.4, -0.2) is 32.6 Å². The maximum Gasteiger partial charge on any atom is 0.137 e. The summed E-state index contributed by atoms with van der Waals surface area (Å²) >= 11 is 0. The molecule has 25 heavy (non-hydrogen) atoms. The second kappa shape index (κ2) is 7.56. The van der Waals surface area contributed by atoms with E-state index < -0.39 is 6.10 Å². The van der Waals surface area contributed by atoms with Crippen molar-refractivity contribution in [2.45, 2.75) is 65.5 Å². The van der Waals surface area contributed by atoms with E-state index in [1.54, 1.807) is 11.0 Å². The molecule has 1 aromatic heterocycles. The van der Waals surface area contributed by atoms with Crippen LogP contribution < -0.4 is 4.74 Å². The summed E-state index contributed by atoms with van der Waals surface area (Å²) < 4.78 is 7.62. The lowest BCUT2D eigenvalue weighted by Gasteiger charge is -2.32. The van der Waals surface area contributed by atoms with Gasteiger partial charge in [-0.05, 0) is 28.5 Å². The molecular weight excluding hydrogens is 314 g/mol. The molecule has 0 amide bonds. The summed E-state index contributed by atoms with van der Waals surface area (Å²) in [5, 5.41) is 14.9. The van der Waals surface area contributed by atoms with Crippen molar-refractivity contribution in [3.05, 3.63) is 42.5 Å². The molecule has 0 bridgehead atoms. The van der Waals surface area contributed by atoms with Gasteiger partial charge in [-0.1, -0.05) is 53.7 Å². The predicted octanol–water partition coefficient (Wildman–Crippen LogP) is 3.99. The standard InChI is InChI=1S/C20H31N3O2/c1-19(2,3)15-7-9-16(10-8-15)25-12-11-17(18(24)20(4,5)6)23-14-21-13-22-23/h7-10,13-14,17-18,24H,11-12H2,1-6H3. The normalized spacial score (nSPS) is 15.0. The SMILES string of the molecule is CC(C)(C)c1ccc(OCCC(C(O)C(C)(C)C)n2cncn2)cc1. The summed E-state index contributed by atoms with van der Waals surface area (Å²) in [6.45, 7) is 13.2. The van der Waals surface area contributed by atoms with E-state index in [1.807, 2.05) is 32.9 Å². The summed E-state index contributed by atoms with van der Waals surface area (Å²) in [6.07, 6.45) is 3.26. The number of hydrogen-bond acceptors (Lipinski definition) is 4. The Labute approximate surface area is 151 Å². The monoisotopic (exact) mass is 345 g/mol. The molecule has 2 unspecified atom stereocenters. The van der Waals surface area contributed by atoms with Crippen molar-refractivity contribution in [1.82, 2.24) is 14.8 Å². The van der Waals surface area contributed by atoms with Crippen molar-refractivity contribution < 1.29 is 9.84 Å². The number of benzene rings is 1. The van der Waals surface area contributed by atoms with E-state index in [0.29, 0.717) is 13.0 Å². The van der Waals surface area contributed by atoms with Gasteiger partial charge in [-0.2, -0.15) is 5.10 Å². The quantitative estimate of drug-likeness (QED) is 0.860. The summed E-state index contributed by atoms with van der Waals surface area (Å²) in [5.41, 5.74) is 1.17. The molecule has 0 radical (unpaired) electrons. The van der Waals surface area contributed by atoms with Crippen molar-refractivity contribution >= 4 is 0 Å². The maximum atomic E-state index is 10.7. The van der Waals surface area contributed by atoms with E-state index in [2.05, 4.69) is 43.0 Å². The smallest absolute Gasteiger partial charge is 0.137 e. The van der Waals surface area contributed by atoms with E-state index in [0.717, 1.165) is 5.75 Å². The fraction of sp³-hybridized carbons (Fsp3) is 0.600. The van der Waals surface area contributed by atoms with Crippen molar-refractivity contribution in [3.8, 4) is 5.75 Å².